The molecule has 0 atom stereocenters. The predicted molar refractivity (Wildman–Crippen MR) is 148 cm³/mol. The summed E-state index contributed by atoms with van der Waals surface area (Å²) in [4.78, 5) is 0. The van der Waals surface area contributed by atoms with Gasteiger partial charge in [-0.1, -0.05) is 80.4 Å². The maximum atomic E-state index is 4.89. The number of hydrogen-bond acceptors (Lipinski definition) is 4. The Morgan fingerprint density at radius 3 is 1.26 bits per heavy atom. The van der Waals surface area contributed by atoms with Gasteiger partial charge in [-0.25, -0.2) is 10.0 Å². The minimum absolute atomic E-state index is 0.972. The number of halogens is 2. The third-order valence-electron chi connectivity index (χ3n) is 5.85. The summed E-state index contributed by atoms with van der Waals surface area (Å²) in [6.45, 7) is 0. The molecule has 6 heteroatoms. The van der Waals surface area contributed by atoms with Gasteiger partial charge < -0.3 is 0 Å². The number of anilines is 2. The Bertz CT molecular complexity index is 1360. The third-order valence-corrected chi connectivity index (χ3v) is 6.90. The second-order valence-electron chi connectivity index (χ2n) is 7.94. The second kappa shape index (κ2) is 8.70. The molecule has 0 bridgehead atoms. The van der Waals surface area contributed by atoms with E-state index in [-0.39, 0.29) is 0 Å². The fourth-order valence-corrected chi connectivity index (χ4v) is 4.77. The van der Waals surface area contributed by atoms with Crippen LogP contribution in [0.4, 0.5) is 11.4 Å². The monoisotopic (exact) mass is 568 g/mol. The highest BCUT2D eigenvalue weighted by Crippen LogP contribution is 2.42. The van der Waals surface area contributed by atoms with Crippen LogP contribution in [0.2, 0.25) is 0 Å². The van der Waals surface area contributed by atoms with Gasteiger partial charge in [-0.3, -0.25) is 0 Å². The van der Waals surface area contributed by atoms with Crippen molar-refractivity contribution < 1.29 is 0 Å². The first-order chi connectivity index (χ1) is 16.7. The van der Waals surface area contributed by atoms with Gasteiger partial charge >= 0.3 is 0 Å². The Morgan fingerprint density at radius 1 is 0.471 bits per heavy atom. The summed E-state index contributed by atoms with van der Waals surface area (Å²) in [5, 5.41) is 13.8. The average molecular weight is 570 g/mol. The summed E-state index contributed by atoms with van der Waals surface area (Å²) in [5.41, 5.74) is 8.25. The summed E-state index contributed by atoms with van der Waals surface area (Å²) in [5.74, 6) is 0. The van der Waals surface area contributed by atoms with E-state index in [1.165, 1.54) is 0 Å². The topological polar surface area (TPSA) is 31.2 Å². The van der Waals surface area contributed by atoms with E-state index in [0.29, 0.717) is 0 Å². The Labute approximate surface area is 214 Å². The van der Waals surface area contributed by atoms with E-state index in [1.807, 2.05) is 58.8 Å². The highest BCUT2D eigenvalue weighted by atomic mass is 79.9. The maximum Gasteiger partial charge on any atom is 0.0995 e. The zero-order valence-corrected chi connectivity index (χ0v) is 21.1. The SMILES string of the molecule is Brc1ccc(N2N=Cc3ccccc3/C2=C2/c3ccccc3C=NN2c2ccc(Br)cc2)cc1. The van der Waals surface area contributed by atoms with Crippen LogP contribution in [0, 0.1) is 0 Å². The molecule has 0 fully saturated rings. The number of nitrogens with zero attached hydrogens (tertiary/aromatic N) is 4. The van der Waals surface area contributed by atoms with Crippen LogP contribution in [0.1, 0.15) is 22.3 Å². The van der Waals surface area contributed by atoms with Crippen LogP contribution in [0.5, 0.6) is 0 Å². The Morgan fingerprint density at radius 2 is 0.853 bits per heavy atom. The van der Waals surface area contributed by atoms with Gasteiger partial charge in [0.05, 0.1) is 35.2 Å². The van der Waals surface area contributed by atoms with Crippen molar-refractivity contribution in [3.63, 3.8) is 0 Å². The van der Waals surface area contributed by atoms with Crippen molar-refractivity contribution in [3.05, 3.63) is 128 Å². The van der Waals surface area contributed by atoms with Gasteiger partial charge in [0, 0.05) is 31.2 Å². The van der Waals surface area contributed by atoms with E-state index in [0.717, 1.165) is 54.0 Å². The van der Waals surface area contributed by atoms with Crippen LogP contribution in [-0.2, 0) is 0 Å². The first-order valence-corrected chi connectivity index (χ1v) is 12.4. The molecular weight excluding hydrogens is 552 g/mol. The summed E-state index contributed by atoms with van der Waals surface area (Å²) < 4.78 is 2.05. The normalized spacial score (nSPS) is 16.4. The molecule has 4 nitrogen and oxygen atoms in total. The average Bonchev–Trinajstić information content (AvgIpc) is 2.88. The molecule has 0 amide bonds. The fourth-order valence-electron chi connectivity index (χ4n) is 4.25. The molecule has 0 saturated carbocycles. The molecule has 2 aliphatic rings. The van der Waals surface area contributed by atoms with Crippen molar-refractivity contribution in [2.45, 2.75) is 0 Å². The van der Waals surface area contributed by atoms with E-state index >= 15 is 0 Å². The van der Waals surface area contributed by atoms with Gasteiger partial charge in [0.1, 0.15) is 0 Å². The zero-order chi connectivity index (χ0) is 23.1. The summed E-state index contributed by atoms with van der Waals surface area (Å²) in [6, 6.07) is 33.1. The van der Waals surface area contributed by atoms with Crippen molar-refractivity contribution in [3.8, 4) is 0 Å². The quantitative estimate of drug-likeness (QED) is 0.247. The van der Waals surface area contributed by atoms with Gasteiger partial charge in [-0.05, 0) is 48.5 Å². The molecule has 0 saturated heterocycles. The van der Waals surface area contributed by atoms with Crippen LogP contribution in [0.3, 0.4) is 0 Å². The third kappa shape index (κ3) is 3.69. The standard InChI is InChI=1S/C28H18Br2N4/c29-21-9-13-23(14-10-21)33-27(25-7-3-1-5-19(25)17-31-33)28-26-8-4-2-6-20(26)18-32-34(28)24-15-11-22(30)12-16-24/h1-18H/b28-27+. The van der Waals surface area contributed by atoms with E-state index in [9.17, 15) is 0 Å². The molecular formula is C28H18Br2N4. The molecule has 4 aromatic carbocycles. The van der Waals surface area contributed by atoms with E-state index in [1.54, 1.807) is 0 Å². The van der Waals surface area contributed by atoms with Crippen LogP contribution in [-0.4, -0.2) is 12.4 Å². The molecule has 0 N–H and O–H groups in total. The lowest BCUT2D eigenvalue weighted by Crippen LogP contribution is -2.28. The lowest BCUT2D eigenvalue weighted by molar-refractivity contribution is 1.04. The molecule has 2 aliphatic heterocycles. The molecule has 0 spiro atoms. The smallest absolute Gasteiger partial charge is 0.0995 e. The zero-order valence-electron chi connectivity index (χ0n) is 17.9. The molecule has 164 valence electrons. The first kappa shape index (κ1) is 21.1. The van der Waals surface area contributed by atoms with Gasteiger partial charge in [0.2, 0.25) is 0 Å². The van der Waals surface area contributed by atoms with E-state index in [4.69, 9.17) is 10.2 Å². The second-order valence-corrected chi connectivity index (χ2v) is 9.77. The molecule has 6 rings (SSSR count). The molecule has 0 aliphatic carbocycles. The number of hydrazone groups is 2. The van der Waals surface area contributed by atoms with Crippen molar-refractivity contribution >= 4 is 67.1 Å². The number of hydrogen-bond donors (Lipinski definition) is 0. The van der Waals surface area contributed by atoms with E-state index < -0.39 is 0 Å². The molecule has 0 aromatic heterocycles. The minimum Gasteiger partial charge on any atom is -0.231 e. The Balaban J connectivity index is 1.68. The predicted octanol–water partition coefficient (Wildman–Crippen LogP) is 7.75. The molecule has 0 unspecified atom stereocenters. The van der Waals surface area contributed by atoms with Gasteiger partial charge in [0.15, 0.2) is 0 Å². The Hall–Kier alpha value is -3.48. The summed E-state index contributed by atoms with van der Waals surface area (Å²) >= 11 is 7.11. The molecule has 2 heterocycles. The number of fused-ring (bicyclic) bond motifs is 2. The molecule has 34 heavy (non-hydrogen) atoms. The van der Waals surface area contributed by atoms with Crippen molar-refractivity contribution in [1.82, 2.24) is 0 Å². The summed E-state index contributed by atoms with van der Waals surface area (Å²) in [7, 11) is 0. The van der Waals surface area contributed by atoms with E-state index in [2.05, 4.69) is 92.5 Å². The number of benzene rings is 4. The van der Waals surface area contributed by atoms with Crippen molar-refractivity contribution in [2.24, 2.45) is 10.2 Å². The fraction of sp³-hybridized carbons (Fsp3) is 0. The van der Waals surface area contributed by atoms with Crippen LogP contribution in [0.15, 0.2) is 116 Å². The molecule has 4 aromatic rings. The molecule has 0 radical (unpaired) electrons. The van der Waals surface area contributed by atoms with Gasteiger partial charge in [0.25, 0.3) is 0 Å². The van der Waals surface area contributed by atoms with Crippen LogP contribution in [0.25, 0.3) is 11.4 Å². The van der Waals surface area contributed by atoms with Crippen molar-refractivity contribution in [2.75, 3.05) is 10.0 Å². The van der Waals surface area contributed by atoms with Gasteiger partial charge in [-0.2, -0.15) is 10.2 Å². The lowest BCUT2D eigenvalue weighted by atomic mass is 9.95. The Kier molecular flexibility index (Phi) is 5.40. The van der Waals surface area contributed by atoms with Gasteiger partial charge in [-0.15, -0.1) is 0 Å². The van der Waals surface area contributed by atoms with Crippen molar-refractivity contribution in [1.29, 1.82) is 0 Å². The van der Waals surface area contributed by atoms with Crippen LogP contribution < -0.4 is 10.0 Å². The largest absolute Gasteiger partial charge is 0.231 e. The highest BCUT2D eigenvalue weighted by molar-refractivity contribution is 9.10. The summed E-state index contributed by atoms with van der Waals surface area (Å²) in [6.07, 6.45) is 3.84. The maximum absolute atomic E-state index is 4.89. The van der Waals surface area contributed by atoms with Crippen LogP contribution >= 0.6 is 31.9 Å². The number of rotatable bonds is 2. The minimum atomic E-state index is 0.972. The first-order valence-electron chi connectivity index (χ1n) is 10.8. The highest BCUT2D eigenvalue weighted by Gasteiger charge is 2.30. The lowest BCUT2D eigenvalue weighted by Gasteiger charge is -2.35.